The quantitative estimate of drug-likeness (QED) is 0.572. The van der Waals surface area contributed by atoms with Crippen molar-refractivity contribution >= 4 is 37.8 Å². The van der Waals surface area contributed by atoms with E-state index in [4.69, 9.17) is 16.9 Å². The highest BCUT2D eigenvalue weighted by Crippen LogP contribution is 2.22. The van der Waals surface area contributed by atoms with Crippen LogP contribution in [0.5, 0.6) is 0 Å². The fourth-order valence-electron chi connectivity index (χ4n) is 0.749. The Morgan fingerprint density at radius 1 is 1.42 bits per heavy atom. The van der Waals surface area contributed by atoms with Crippen LogP contribution in [0.3, 0.4) is 0 Å². The average Bonchev–Trinajstić information content (AvgIpc) is 2.06. The van der Waals surface area contributed by atoms with Crippen LogP contribution in [0.4, 0.5) is 0 Å². The van der Waals surface area contributed by atoms with E-state index < -0.39 is 0 Å². The van der Waals surface area contributed by atoms with Crippen molar-refractivity contribution in [1.29, 1.82) is 5.26 Å². The van der Waals surface area contributed by atoms with E-state index in [-0.39, 0.29) is 0 Å². The summed E-state index contributed by atoms with van der Waals surface area (Å²) in [5, 5.41) is 9.10. The second kappa shape index (κ2) is 4.48. The molecular formula is C9H5ClIN. The third-order valence-corrected chi connectivity index (χ3v) is 2.50. The number of allylic oxidation sites excluding steroid dienone is 1. The molecule has 0 N–H and O–H groups in total. The predicted octanol–water partition coefficient (Wildman–Crippen LogP) is 3.64. The highest BCUT2D eigenvalue weighted by Gasteiger charge is 1.95. The van der Waals surface area contributed by atoms with E-state index in [1.54, 1.807) is 12.1 Å². The van der Waals surface area contributed by atoms with Crippen LogP contribution in [0, 0.1) is 11.3 Å². The van der Waals surface area contributed by atoms with Gasteiger partial charge in [-0.15, -0.1) is 0 Å². The highest BCUT2D eigenvalue weighted by molar-refractivity contribution is 14.1. The summed E-state index contributed by atoms with van der Waals surface area (Å²) in [6.07, 6.45) is 1.50. The zero-order valence-electron chi connectivity index (χ0n) is 6.09. The summed E-state index contributed by atoms with van der Waals surface area (Å²) in [5.41, 5.74) is 1.02. The van der Waals surface area contributed by atoms with E-state index in [0.29, 0.717) is 5.02 Å². The molecule has 0 atom stereocenters. The number of rotatable bonds is 1. The number of halogens is 2. The SMILES string of the molecule is N#C/C=C(\I)c1ccc(Cl)cc1. The number of hydrogen-bond donors (Lipinski definition) is 0. The maximum absolute atomic E-state index is 8.40. The van der Waals surface area contributed by atoms with Gasteiger partial charge in [-0.1, -0.05) is 23.7 Å². The molecule has 0 fully saturated rings. The Bertz CT molecular complexity index is 335. The Morgan fingerprint density at radius 3 is 2.50 bits per heavy atom. The first-order valence-corrected chi connectivity index (χ1v) is 4.71. The monoisotopic (exact) mass is 289 g/mol. The minimum Gasteiger partial charge on any atom is -0.193 e. The topological polar surface area (TPSA) is 23.8 Å². The van der Waals surface area contributed by atoms with Gasteiger partial charge in [0.05, 0.1) is 6.07 Å². The molecule has 0 saturated carbocycles. The van der Waals surface area contributed by atoms with Crippen LogP contribution in [-0.4, -0.2) is 0 Å². The lowest BCUT2D eigenvalue weighted by molar-refractivity contribution is 1.53. The Morgan fingerprint density at radius 2 is 2.00 bits per heavy atom. The normalized spacial score (nSPS) is 10.9. The van der Waals surface area contributed by atoms with Gasteiger partial charge in [-0.3, -0.25) is 0 Å². The zero-order chi connectivity index (χ0) is 8.97. The highest BCUT2D eigenvalue weighted by atomic mass is 127. The third-order valence-electron chi connectivity index (χ3n) is 1.31. The molecule has 0 bridgehead atoms. The molecule has 3 heteroatoms. The lowest BCUT2D eigenvalue weighted by Gasteiger charge is -1.96. The first-order valence-electron chi connectivity index (χ1n) is 3.25. The lowest BCUT2D eigenvalue weighted by Crippen LogP contribution is -1.74. The minimum absolute atomic E-state index is 0.708. The van der Waals surface area contributed by atoms with Crippen LogP contribution in [-0.2, 0) is 0 Å². The molecule has 12 heavy (non-hydrogen) atoms. The third kappa shape index (κ3) is 2.50. The van der Waals surface area contributed by atoms with E-state index in [1.807, 2.05) is 18.2 Å². The molecule has 0 aliphatic rings. The second-order valence-corrected chi connectivity index (χ2v) is 3.73. The molecule has 0 amide bonds. The van der Waals surface area contributed by atoms with Gasteiger partial charge in [0.1, 0.15) is 0 Å². The molecule has 0 heterocycles. The van der Waals surface area contributed by atoms with Crippen LogP contribution in [0.2, 0.25) is 5.02 Å². The first kappa shape index (κ1) is 9.56. The summed E-state index contributed by atoms with van der Waals surface area (Å²) in [6.45, 7) is 0. The van der Waals surface area contributed by atoms with Crippen LogP contribution in [0.25, 0.3) is 3.58 Å². The molecule has 60 valence electrons. The predicted molar refractivity (Wildman–Crippen MR) is 59.1 cm³/mol. The van der Waals surface area contributed by atoms with E-state index in [1.165, 1.54) is 6.08 Å². The van der Waals surface area contributed by atoms with E-state index in [0.717, 1.165) is 9.14 Å². The van der Waals surface area contributed by atoms with Crippen molar-refractivity contribution in [1.82, 2.24) is 0 Å². The van der Waals surface area contributed by atoms with Gasteiger partial charge in [0.15, 0.2) is 0 Å². The maximum Gasteiger partial charge on any atom is 0.0923 e. The summed E-state index contributed by atoms with van der Waals surface area (Å²) in [7, 11) is 0. The van der Waals surface area contributed by atoms with Gasteiger partial charge >= 0.3 is 0 Å². The summed E-state index contributed by atoms with van der Waals surface area (Å²) >= 11 is 7.82. The van der Waals surface area contributed by atoms with E-state index >= 15 is 0 Å². The molecule has 1 aromatic carbocycles. The molecule has 0 spiro atoms. The summed E-state index contributed by atoms with van der Waals surface area (Å²) in [4.78, 5) is 0. The number of hydrogen-bond acceptors (Lipinski definition) is 1. The molecule has 0 aliphatic heterocycles. The molecule has 0 radical (unpaired) electrons. The summed E-state index contributed by atoms with van der Waals surface area (Å²) < 4.78 is 0.923. The molecule has 1 nitrogen and oxygen atoms in total. The van der Waals surface area contributed by atoms with E-state index in [2.05, 4.69) is 22.6 Å². The van der Waals surface area contributed by atoms with Crippen molar-refractivity contribution in [2.45, 2.75) is 0 Å². The van der Waals surface area contributed by atoms with Crippen molar-refractivity contribution in [2.24, 2.45) is 0 Å². The number of nitrogens with zero attached hydrogens (tertiary/aromatic N) is 1. The Hall–Kier alpha value is -0.530. The molecule has 0 saturated heterocycles. The first-order chi connectivity index (χ1) is 5.74. The van der Waals surface area contributed by atoms with Gasteiger partial charge in [-0.05, 0) is 40.3 Å². The second-order valence-electron chi connectivity index (χ2n) is 2.13. The zero-order valence-corrected chi connectivity index (χ0v) is 9.00. The summed E-state index contributed by atoms with van der Waals surface area (Å²) in [6, 6.07) is 9.36. The number of benzene rings is 1. The fourth-order valence-corrected chi connectivity index (χ4v) is 1.37. The Kier molecular flexibility index (Phi) is 3.57. The maximum atomic E-state index is 8.40. The summed E-state index contributed by atoms with van der Waals surface area (Å²) in [5.74, 6) is 0. The average molecular weight is 290 g/mol. The van der Waals surface area contributed by atoms with Gasteiger partial charge in [-0.25, -0.2) is 0 Å². The van der Waals surface area contributed by atoms with Crippen LogP contribution >= 0.6 is 34.2 Å². The molecule has 0 unspecified atom stereocenters. The van der Waals surface area contributed by atoms with Crippen LogP contribution < -0.4 is 0 Å². The molecular weight excluding hydrogens is 284 g/mol. The van der Waals surface area contributed by atoms with Gasteiger partial charge in [0.25, 0.3) is 0 Å². The van der Waals surface area contributed by atoms with Gasteiger partial charge in [0.2, 0.25) is 0 Å². The van der Waals surface area contributed by atoms with E-state index in [9.17, 15) is 0 Å². The molecule has 1 rings (SSSR count). The fraction of sp³-hybridized carbons (Fsp3) is 0. The number of nitriles is 1. The smallest absolute Gasteiger partial charge is 0.0923 e. The van der Waals surface area contributed by atoms with Crippen molar-refractivity contribution in [2.75, 3.05) is 0 Å². The van der Waals surface area contributed by atoms with Crippen molar-refractivity contribution in [3.8, 4) is 6.07 Å². The van der Waals surface area contributed by atoms with Gasteiger partial charge < -0.3 is 0 Å². The van der Waals surface area contributed by atoms with Crippen molar-refractivity contribution in [3.63, 3.8) is 0 Å². The molecule has 0 aliphatic carbocycles. The van der Waals surface area contributed by atoms with Crippen LogP contribution in [0.15, 0.2) is 30.3 Å². The standard InChI is InChI=1S/C9H5ClIN/c10-8-3-1-7(2-4-8)9(11)5-6-12/h1-5H/b9-5-. The van der Waals surface area contributed by atoms with Gasteiger partial charge in [-0.2, -0.15) is 5.26 Å². The molecule has 1 aromatic rings. The minimum atomic E-state index is 0.708. The Labute approximate surface area is 89.8 Å². The van der Waals surface area contributed by atoms with Crippen molar-refractivity contribution in [3.05, 3.63) is 40.9 Å². The van der Waals surface area contributed by atoms with Crippen molar-refractivity contribution < 1.29 is 0 Å². The lowest BCUT2D eigenvalue weighted by atomic mass is 10.2. The largest absolute Gasteiger partial charge is 0.193 e. The van der Waals surface area contributed by atoms with Crippen LogP contribution in [0.1, 0.15) is 5.56 Å². The molecule has 0 aromatic heterocycles. The van der Waals surface area contributed by atoms with Gasteiger partial charge in [0, 0.05) is 14.7 Å². The Balaban J connectivity index is 2.99.